The van der Waals surface area contributed by atoms with Crippen LogP contribution < -0.4 is 0 Å². The van der Waals surface area contributed by atoms with Crippen molar-refractivity contribution in [3.05, 3.63) is 0 Å². The molecule has 0 N–H and O–H groups in total. The maximum atomic E-state index is 2.35. The Morgan fingerprint density at radius 3 is 0.358 bits per heavy atom. The fourth-order valence-corrected chi connectivity index (χ4v) is 38.0. The van der Waals surface area contributed by atoms with Crippen LogP contribution in [0.3, 0.4) is 0 Å². The molecule has 0 aliphatic rings. The summed E-state index contributed by atoms with van der Waals surface area (Å²) in [4.78, 5) is 15.2. The van der Waals surface area contributed by atoms with Crippen molar-refractivity contribution in [2.24, 2.45) is 0 Å². The van der Waals surface area contributed by atoms with Crippen LogP contribution >= 0.6 is 0 Å². The predicted octanol–water partition coefficient (Wildman–Crippen LogP) is 12.6. The molecule has 0 saturated carbocycles. The Bertz CT molecular complexity index is 1140. The molecule has 0 aromatic heterocycles. The van der Waals surface area contributed by atoms with Gasteiger partial charge in [-0.15, -0.1) is 0 Å². The normalized spacial score (nSPS) is 9.85. The first-order chi connectivity index (χ1) is 49.2. The molecule has 8 radical (unpaired) electrons. The average molecular weight is 2770 g/mol. The Hall–Kier alpha value is 11.4. The summed E-state index contributed by atoms with van der Waals surface area (Å²) < 4.78 is 34.1. The van der Waals surface area contributed by atoms with E-state index in [2.05, 4.69) is 465 Å². The van der Waals surface area contributed by atoms with E-state index < -0.39 is 126 Å². The second-order valence-corrected chi connectivity index (χ2v) is 123. The summed E-state index contributed by atoms with van der Waals surface area (Å²) in [7, 11) is 59.9. The fraction of sp³-hybridized carbons (Fsp3) is 1.00. The molecule has 670 valence electrons. The first-order valence-electron chi connectivity index (χ1n) is 40.8. The molecule has 0 aliphatic heterocycles. The quantitative estimate of drug-likeness (QED) is 0.0862. The third-order valence-electron chi connectivity index (χ3n) is 9.63. The Balaban J connectivity index is -0.0000000432. The molecule has 0 fully saturated rings. The van der Waals surface area contributed by atoms with Crippen molar-refractivity contribution in [3.8, 4) is 0 Å². The van der Waals surface area contributed by atoms with Crippen molar-refractivity contribution >= 4 is 332 Å². The summed E-state index contributed by atoms with van der Waals surface area (Å²) >= 11 is 5.22. The molecule has 0 bridgehead atoms. The first kappa shape index (κ1) is 170. The van der Waals surface area contributed by atoms with Crippen LogP contribution in [0.15, 0.2) is 0 Å². The molecular formula is C75H220As10Ga10N14. The van der Waals surface area contributed by atoms with E-state index in [0.29, 0.717) is 99.7 Å². The molecule has 14 nitrogen and oxygen atoms in total. The zero-order valence-corrected chi connectivity index (χ0v) is 135. The van der Waals surface area contributed by atoms with E-state index >= 15 is 0 Å². The van der Waals surface area contributed by atoms with Crippen LogP contribution in [0.2, 0.25) is 145 Å². The van der Waals surface area contributed by atoms with Crippen LogP contribution in [0.5, 0.6) is 0 Å². The van der Waals surface area contributed by atoms with Gasteiger partial charge in [0.2, 0.25) is 0 Å². The monoisotopic (exact) mass is 2760 g/mol. The van der Waals surface area contributed by atoms with Crippen molar-refractivity contribution in [1.82, 2.24) is 53.0 Å². The number of hydrogen-bond acceptors (Lipinski definition) is 14. The number of hydrogen-bond donors (Lipinski definition) is 0. The first-order valence-corrected chi connectivity index (χ1v) is 111. The van der Waals surface area contributed by atoms with Gasteiger partial charge in [-0.1, -0.05) is 0 Å². The van der Waals surface area contributed by atoms with E-state index in [1.165, 1.54) is 19.9 Å². The summed E-state index contributed by atoms with van der Waals surface area (Å²) in [6.45, 7) is 43.1. The topological polar surface area (TPSA) is 45.4 Å². The van der Waals surface area contributed by atoms with Crippen LogP contribution in [0.4, 0.5) is 0 Å². The van der Waals surface area contributed by atoms with Crippen LogP contribution in [-0.4, -0.2) is 583 Å². The summed E-state index contributed by atoms with van der Waals surface area (Å²) in [5, 5.41) is 0. The Kier molecular flexibility index (Phi) is 211. The zero-order chi connectivity index (χ0) is 93.5. The van der Waals surface area contributed by atoms with E-state index in [-0.39, 0.29) is 17.9 Å². The Morgan fingerprint density at radius 2 is 0.358 bits per heavy atom. The van der Waals surface area contributed by atoms with Gasteiger partial charge in [0.05, 0.1) is 0 Å². The van der Waals surface area contributed by atoms with Crippen molar-refractivity contribution in [2.75, 3.05) is 197 Å². The minimum absolute atomic E-state index is 0.188. The predicted molar refractivity (Wildman–Crippen MR) is 578 cm³/mol. The van der Waals surface area contributed by atoms with Crippen molar-refractivity contribution < 1.29 is 0 Å². The van der Waals surface area contributed by atoms with Crippen LogP contribution in [0.25, 0.3) is 0 Å². The van der Waals surface area contributed by atoms with Gasteiger partial charge in [-0.25, -0.2) is 0 Å². The van der Waals surface area contributed by atoms with Crippen LogP contribution in [-0.2, 0) is 0 Å². The Labute approximate surface area is 845 Å². The zero-order valence-electron chi connectivity index (χ0n) is 88.0. The Morgan fingerprint density at radius 1 is 0.266 bits per heavy atom. The fourth-order valence-electron chi connectivity index (χ4n) is 7.32. The molecule has 6 unspecified atom stereocenters. The third-order valence-corrected chi connectivity index (χ3v) is 50.0. The molecule has 0 amide bonds. The van der Waals surface area contributed by atoms with Gasteiger partial charge in [-0.3, -0.25) is 0 Å². The average Bonchev–Trinajstić information content (AvgIpc) is 0.938. The second kappa shape index (κ2) is 135. The SMILES string of the molecule is CC(C)(C)[AsH2].CC(C)(C)[AsH2].CC(C)(C)[AsH2].CN(C)[AsH](N(C)C)N(C)C.CN(C)[AsH](N(C)C)N(C)C.CN(C)[As](N(C)C)N(C)C.CN(C)[As](N(C)C)N(C)C.C[AsH2].C[AsH2].C[AsH2].C[CH2][Ga]([CH2]C)[CH2]C.C[CH2][Ga]([CH2]C)[CH2]C.C[CH2][Ga][CH2]C.C[CH2][Ga][CH2]C.C[N](C)[Ga][N](C)C.[CH3][Ga]([CH3])[CH3].[CH3][Ga]([CH3])[CH3].[CH3][Ga][CH3].[CH3][Ga][CH3].[CH3][Ga][CH3]. The van der Waals surface area contributed by atoms with Gasteiger partial charge in [-0.2, -0.15) is 0 Å². The molecule has 6 atom stereocenters. The van der Waals surface area contributed by atoms with E-state index in [4.69, 9.17) is 0 Å². The molecule has 34 heteroatoms. The summed E-state index contributed by atoms with van der Waals surface area (Å²) in [6, 6.07) is 0. The van der Waals surface area contributed by atoms with E-state index in [0.717, 1.165) is 0 Å². The molecule has 0 spiro atoms. The molecular weight excluding hydrogens is 2540 g/mol. The summed E-state index contributed by atoms with van der Waals surface area (Å²) in [6.07, 6.45) is 0. The van der Waals surface area contributed by atoms with Gasteiger partial charge in [0.25, 0.3) is 0 Å². The molecule has 109 heavy (non-hydrogen) atoms. The molecule has 0 heterocycles. The van der Waals surface area contributed by atoms with Gasteiger partial charge in [0.15, 0.2) is 0 Å². The van der Waals surface area contributed by atoms with Gasteiger partial charge in [0, 0.05) is 0 Å². The molecule has 0 aromatic rings. The van der Waals surface area contributed by atoms with Gasteiger partial charge in [0.1, 0.15) is 0 Å². The van der Waals surface area contributed by atoms with Gasteiger partial charge < -0.3 is 0 Å². The van der Waals surface area contributed by atoms with Crippen LogP contribution in [0, 0.1) is 0 Å². The van der Waals surface area contributed by atoms with Crippen molar-refractivity contribution in [3.63, 3.8) is 0 Å². The second-order valence-electron chi connectivity index (χ2n) is 32.3. The molecule has 0 aromatic carbocycles. The summed E-state index contributed by atoms with van der Waals surface area (Å²) in [5.41, 5.74) is 34.0. The summed E-state index contributed by atoms with van der Waals surface area (Å²) in [5.74, 6) is 0. The maximum absolute atomic E-state index is 2.35. The molecule has 0 rings (SSSR count). The third kappa shape index (κ3) is 261. The van der Waals surface area contributed by atoms with Crippen molar-refractivity contribution in [1.29, 1.82) is 0 Å². The number of rotatable bonds is 24. The van der Waals surface area contributed by atoms with E-state index in [9.17, 15) is 0 Å². The van der Waals surface area contributed by atoms with Crippen LogP contribution in [0.1, 0.15) is 132 Å². The van der Waals surface area contributed by atoms with E-state index in [1.54, 1.807) is 131 Å². The van der Waals surface area contributed by atoms with E-state index in [1.807, 2.05) is 0 Å². The molecule has 0 aliphatic carbocycles. The van der Waals surface area contributed by atoms with Gasteiger partial charge >= 0.3 is 859 Å². The number of nitrogens with zero attached hydrogens (tertiary/aromatic N) is 14. The minimum atomic E-state index is -1.22. The van der Waals surface area contributed by atoms with Crippen molar-refractivity contribution in [2.45, 2.75) is 277 Å². The van der Waals surface area contributed by atoms with Gasteiger partial charge in [-0.05, 0) is 0 Å². The standard InChI is InChI=1S/2C6H19AsN3.2C6H18AsN3.3C4H11As.2C2H6N.10C2H5.3CH5As.12CH3.10Ga/c4*1-8(2)7(9(3)4)10(5)6;3*1-4(2,3)5;2*1-3-2;13*1-2;;;;;;;;;;;;;;;;;;;;;;/h2*7H,1-6H3;2*1-6H3;3*5H2,1-3H3;2*1-2H3;10*1H2,2H3;3*2H2,1H3;12*1H3;;;;;;;;;;/q;;;;;;;2*-1;;;;;;;;;;;;;;;;;;;;;;;;;;;;;;;;;;;+2. The molecule has 0 saturated heterocycles.